The number of allylic oxidation sites excluding steroid dienone is 1. The maximum atomic E-state index is 13.3. The number of piperidine rings is 1. The number of nitrogens with zero attached hydrogens (tertiary/aromatic N) is 3. The largest absolute Gasteiger partial charge is 0.312 e. The fourth-order valence-corrected chi connectivity index (χ4v) is 7.12. The van der Waals surface area contributed by atoms with Crippen molar-refractivity contribution in [1.82, 2.24) is 5.43 Å². The molecule has 9 heteroatoms. The van der Waals surface area contributed by atoms with Gasteiger partial charge in [0.15, 0.2) is 0 Å². The van der Waals surface area contributed by atoms with Gasteiger partial charge in [0.2, 0.25) is 0 Å². The highest BCUT2D eigenvalue weighted by molar-refractivity contribution is 9.11. The van der Waals surface area contributed by atoms with Crippen LogP contribution in [0.2, 0.25) is 10.0 Å². The number of amides is 1. The van der Waals surface area contributed by atoms with Crippen LogP contribution >= 0.6 is 50.9 Å². The van der Waals surface area contributed by atoms with Gasteiger partial charge in [0.1, 0.15) is 18.8 Å². The molecule has 0 saturated carbocycles. The van der Waals surface area contributed by atoms with Crippen molar-refractivity contribution < 1.29 is 9.39 Å². The molecular weight excluding hydrogens is 507 g/mol. The first-order valence-electron chi connectivity index (χ1n) is 10.3. The topological polar surface area (TPSA) is 44.7 Å². The van der Waals surface area contributed by atoms with Crippen LogP contribution in [-0.4, -0.2) is 47.6 Å². The number of rotatable bonds is 4. The summed E-state index contributed by atoms with van der Waals surface area (Å²) in [6.07, 6.45) is 4.39. The molecule has 30 heavy (non-hydrogen) atoms. The van der Waals surface area contributed by atoms with Gasteiger partial charge in [-0.3, -0.25) is 9.80 Å². The molecule has 1 aromatic carbocycles. The standard InChI is InChI=1S/C21H25BrCl2N4OS/c1-13-19(21(29)26-28(2)8-4-3-5-9-28)25-27(17-7-6-15(23)11-16(17)24)20(13)18-10-14(22)12-30-18/h6-7,11-13,18,20H,3-5,8-10H2,1-2H3/p+1/t13-,18?,20-/m0/s1. The van der Waals surface area contributed by atoms with Crippen LogP contribution in [0.3, 0.4) is 0 Å². The average molecular weight is 533 g/mol. The van der Waals surface area contributed by atoms with E-state index in [1.165, 1.54) is 10.9 Å². The lowest BCUT2D eigenvalue weighted by Crippen LogP contribution is -2.61. The average Bonchev–Trinajstić information content (AvgIpc) is 3.25. The predicted molar refractivity (Wildman–Crippen MR) is 130 cm³/mol. The molecule has 3 aliphatic heterocycles. The molecule has 1 fully saturated rings. The number of quaternary nitrogens is 1. The number of nitrogens with one attached hydrogen (secondary N) is 1. The molecule has 1 aromatic rings. The van der Waals surface area contributed by atoms with Crippen LogP contribution in [0.4, 0.5) is 5.69 Å². The molecule has 4 rings (SSSR count). The number of halogens is 3. The summed E-state index contributed by atoms with van der Waals surface area (Å²) in [5.41, 5.74) is 4.59. The molecule has 162 valence electrons. The SMILES string of the molecule is C[C@H]1C(C(=O)N[N+]2(C)CCCCC2)=NN(c2ccc(Cl)cc2Cl)[C@@H]1C1CC(Br)=CS1. The minimum absolute atomic E-state index is 0.0207. The maximum absolute atomic E-state index is 13.3. The van der Waals surface area contributed by atoms with E-state index < -0.39 is 0 Å². The summed E-state index contributed by atoms with van der Waals surface area (Å²) < 4.78 is 1.75. The van der Waals surface area contributed by atoms with Crippen LogP contribution < -0.4 is 10.4 Å². The molecule has 0 aliphatic carbocycles. The van der Waals surface area contributed by atoms with E-state index in [0.717, 1.165) is 38.0 Å². The summed E-state index contributed by atoms with van der Waals surface area (Å²) in [6, 6.07) is 5.44. The lowest BCUT2D eigenvalue weighted by molar-refractivity contribution is -0.947. The van der Waals surface area contributed by atoms with Crippen LogP contribution in [-0.2, 0) is 4.79 Å². The fourth-order valence-electron chi connectivity index (χ4n) is 4.54. The Morgan fingerprint density at radius 2 is 2.03 bits per heavy atom. The summed E-state index contributed by atoms with van der Waals surface area (Å²) in [6.45, 7) is 4.01. The van der Waals surface area contributed by atoms with Crippen molar-refractivity contribution >= 4 is 68.2 Å². The minimum atomic E-state index is -0.0838. The fraction of sp³-hybridized carbons (Fsp3) is 0.524. The molecule has 3 atom stereocenters. The summed E-state index contributed by atoms with van der Waals surface area (Å²) in [7, 11) is 2.09. The van der Waals surface area contributed by atoms with Crippen molar-refractivity contribution in [2.75, 3.05) is 25.1 Å². The molecule has 1 N–H and O–H groups in total. The number of hydrogen-bond donors (Lipinski definition) is 1. The molecule has 0 aromatic heterocycles. The highest BCUT2D eigenvalue weighted by atomic mass is 79.9. The van der Waals surface area contributed by atoms with E-state index in [4.69, 9.17) is 28.3 Å². The highest BCUT2D eigenvalue weighted by Gasteiger charge is 2.45. The number of anilines is 1. The second-order valence-electron chi connectivity index (χ2n) is 8.49. The van der Waals surface area contributed by atoms with Gasteiger partial charge in [-0.1, -0.05) is 46.1 Å². The van der Waals surface area contributed by atoms with Crippen LogP contribution in [0.1, 0.15) is 32.6 Å². The molecular formula is C21H26BrCl2N4OS+. The Labute approximate surface area is 200 Å². The Morgan fingerprint density at radius 1 is 1.30 bits per heavy atom. The number of carbonyl (C=O) groups excluding carboxylic acids is 1. The number of hydrogen-bond acceptors (Lipinski definition) is 4. The Hall–Kier alpha value is -0.730. The zero-order valence-corrected chi connectivity index (χ0v) is 21.0. The second kappa shape index (κ2) is 9.02. The summed E-state index contributed by atoms with van der Waals surface area (Å²) in [5, 5.41) is 10.3. The Kier molecular flexibility index (Phi) is 6.76. The number of likely N-dealkylation sites (tertiary alicyclic amines) is 1. The molecule has 1 unspecified atom stereocenters. The van der Waals surface area contributed by atoms with Gasteiger partial charge in [-0.2, -0.15) is 10.5 Å². The molecule has 0 bridgehead atoms. The quantitative estimate of drug-likeness (QED) is 0.515. The molecule has 1 amide bonds. The van der Waals surface area contributed by atoms with Crippen molar-refractivity contribution in [2.24, 2.45) is 11.0 Å². The van der Waals surface area contributed by atoms with E-state index >= 15 is 0 Å². The second-order valence-corrected chi connectivity index (χ2v) is 11.5. The van der Waals surface area contributed by atoms with Crippen LogP contribution in [0.5, 0.6) is 0 Å². The molecule has 3 heterocycles. The van der Waals surface area contributed by atoms with E-state index in [1.807, 2.05) is 17.1 Å². The summed E-state index contributed by atoms with van der Waals surface area (Å²) in [4.78, 5) is 13.3. The van der Waals surface area contributed by atoms with Crippen LogP contribution in [0.15, 0.2) is 33.2 Å². The number of hydrazone groups is 1. The molecule has 1 saturated heterocycles. The van der Waals surface area contributed by atoms with E-state index in [1.54, 1.807) is 17.8 Å². The van der Waals surface area contributed by atoms with Gasteiger partial charge in [-0.25, -0.2) is 4.59 Å². The molecule has 0 spiro atoms. The predicted octanol–water partition coefficient (Wildman–Crippen LogP) is 5.58. The molecule has 3 aliphatic rings. The lowest BCUT2D eigenvalue weighted by Gasteiger charge is -2.36. The van der Waals surface area contributed by atoms with Crippen molar-refractivity contribution in [3.63, 3.8) is 0 Å². The van der Waals surface area contributed by atoms with E-state index in [2.05, 4.69) is 40.7 Å². The molecule has 0 radical (unpaired) electrons. The van der Waals surface area contributed by atoms with Gasteiger partial charge in [0, 0.05) is 20.7 Å². The summed E-state index contributed by atoms with van der Waals surface area (Å²) in [5.74, 6) is -0.114. The van der Waals surface area contributed by atoms with Crippen molar-refractivity contribution in [3.05, 3.63) is 38.1 Å². The lowest BCUT2D eigenvalue weighted by atomic mass is 9.92. The third-order valence-electron chi connectivity index (χ3n) is 6.15. The molecule has 5 nitrogen and oxygen atoms in total. The first-order chi connectivity index (χ1) is 14.3. The highest BCUT2D eigenvalue weighted by Crippen LogP contribution is 2.44. The maximum Gasteiger partial charge on any atom is 0.312 e. The zero-order valence-electron chi connectivity index (χ0n) is 17.1. The first-order valence-corrected chi connectivity index (χ1v) is 12.8. The van der Waals surface area contributed by atoms with Gasteiger partial charge in [-0.05, 0) is 49.3 Å². The third kappa shape index (κ3) is 4.56. The smallest absolute Gasteiger partial charge is 0.263 e. The van der Waals surface area contributed by atoms with E-state index in [-0.39, 0.29) is 23.1 Å². The van der Waals surface area contributed by atoms with Crippen LogP contribution in [0.25, 0.3) is 0 Å². The Morgan fingerprint density at radius 3 is 2.67 bits per heavy atom. The first kappa shape index (κ1) is 22.5. The summed E-state index contributed by atoms with van der Waals surface area (Å²) >= 11 is 18.0. The van der Waals surface area contributed by atoms with E-state index in [9.17, 15) is 4.79 Å². The van der Waals surface area contributed by atoms with Gasteiger partial charge in [0.25, 0.3) is 0 Å². The number of thioether (sulfide) groups is 1. The third-order valence-corrected chi connectivity index (χ3v) is 8.76. The van der Waals surface area contributed by atoms with Gasteiger partial charge >= 0.3 is 5.91 Å². The zero-order chi connectivity index (χ0) is 21.5. The van der Waals surface area contributed by atoms with Crippen molar-refractivity contribution in [2.45, 2.75) is 43.9 Å². The number of benzene rings is 1. The van der Waals surface area contributed by atoms with Gasteiger partial charge < -0.3 is 0 Å². The van der Waals surface area contributed by atoms with E-state index in [0.29, 0.717) is 20.3 Å². The van der Waals surface area contributed by atoms with Gasteiger partial charge in [-0.15, -0.1) is 11.8 Å². The Bertz CT molecular complexity index is 903. The monoisotopic (exact) mass is 531 g/mol. The Balaban J connectivity index is 1.64. The van der Waals surface area contributed by atoms with Crippen LogP contribution in [0, 0.1) is 5.92 Å². The van der Waals surface area contributed by atoms with Crippen molar-refractivity contribution in [3.8, 4) is 0 Å². The van der Waals surface area contributed by atoms with Crippen molar-refractivity contribution in [1.29, 1.82) is 0 Å². The minimum Gasteiger partial charge on any atom is -0.263 e. The normalized spacial score (nSPS) is 28.3. The van der Waals surface area contributed by atoms with Gasteiger partial charge in [0.05, 0.1) is 23.8 Å². The number of carbonyl (C=O) groups is 1.